The van der Waals surface area contributed by atoms with Crippen LogP contribution in [-0.4, -0.2) is 66.8 Å². The Morgan fingerprint density at radius 3 is 2.56 bits per heavy atom. The van der Waals surface area contributed by atoms with Crippen molar-refractivity contribution in [2.75, 3.05) is 31.9 Å². The smallest absolute Gasteiger partial charge is 0.231 e. The Hall–Kier alpha value is -3.43. The number of rotatable bonds is 6. The number of nitrogens with one attached hydrogen (secondary N) is 1. The zero-order chi connectivity index (χ0) is 26.6. The highest BCUT2D eigenvalue weighted by Gasteiger charge is 2.38. The summed E-state index contributed by atoms with van der Waals surface area (Å²) in [5.74, 6) is 1.44. The Morgan fingerprint density at radius 2 is 1.72 bits per heavy atom. The molecule has 3 aromatic carbocycles. The van der Waals surface area contributed by atoms with Gasteiger partial charge in [0.15, 0.2) is 11.5 Å². The summed E-state index contributed by atoms with van der Waals surface area (Å²) in [6.07, 6.45) is 0.966. The molecular formula is C31H34N2O6. The van der Waals surface area contributed by atoms with Crippen molar-refractivity contribution < 1.29 is 28.8 Å². The number of carbonyl (C=O) groups is 1. The molecule has 3 heterocycles. The first kappa shape index (κ1) is 25.8. The minimum atomic E-state index is -0.572. The van der Waals surface area contributed by atoms with Crippen molar-refractivity contribution in [2.45, 2.75) is 50.2 Å². The van der Waals surface area contributed by atoms with Crippen LogP contribution >= 0.6 is 0 Å². The Bertz CT molecular complexity index is 1270. The fraction of sp³-hybridized carbons (Fsp3) is 0.387. The number of β-amino-alcohol motifs (C(OH)–C–C–N with tert-alkyl or cyclic N) is 1. The number of amides is 1. The van der Waals surface area contributed by atoms with Gasteiger partial charge in [-0.25, -0.2) is 0 Å². The number of anilines is 1. The molecule has 3 aliphatic rings. The Balaban J connectivity index is 1.06. The first-order valence-corrected chi connectivity index (χ1v) is 13.6. The zero-order valence-corrected chi connectivity index (χ0v) is 21.8. The van der Waals surface area contributed by atoms with E-state index in [1.54, 1.807) is 0 Å². The van der Waals surface area contributed by atoms with Gasteiger partial charge in [0.2, 0.25) is 12.7 Å². The third kappa shape index (κ3) is 6.25. The second-order valence-electron chi connectivity index (χ2n) is 10.4. The molecule has 1 amide bonds. The Labute approximate surface area is 228 Å². The molecule has 3 aliphatic heterocycles. The number of ether oxygens (including phenoxy) is 4. The molecule has 204 valence electrons. The lowest BCUT2D eigenvalue weighted by Crippen LogP contribution is -2.55. The fourth-order valence-corrected chi connectivity index (χ4v) is 5.70. The summed E-state index contributed by atoms with van der Waals surface area (Å²) in [5, 5.41) is 13.5. The molecule has 0 spiro atoms. The standard InChI is InChI=1S/C31H34N2O6/c34-25-17-33(16-21-6-13-28-29(14-21)38-20-37-28)27-12-11-26(39-30(27)19-36-18-25)15-31(35)32-24-9-7-23(8-10-24)22-4-2-1-3-5-22/h1-10,13-14,25-27,30,34H,11-12,15-20H2,(H,32,35)/t25-,26+,27+,30-/m0/s1. The summed E-state index contributed by atoms with van der Waals surface area (Å²) in [7, 11) is 0. The quantitative estimate of drug-likeness (QED) is 0.493. The summed E-state index contributed by atoms with van der Waals surface area (Å²) in [6.45, 7) is 2.03. The monoisotopic (exact) mass is 530 g/mol. The van der Waals surface area contributed by atoms with E-state index in [4.69, 9.17) is 18.9 Å². The van der Waals surface area contributed by atoms with Gasteiger partial charge in [-0.15, -0.1) is 0 Å². The third-order valence-electron chi connectivity index (χ3n) is 7.60. The average Bonchev–Trinajstić information content (AvgIpc) is 3.41. The van der Waals surface area contributed by atoms with Crippen LogP contribution in [0.1, 0.15) is 24.8 Å². The molecular weight excluding hydrogens is 496 g/mol. The molecule has 4 atom stereocenters. The van der Waals surface area contributed by atoms with Gasteiger partial charge in [-0.05, 0) is 53.8 Å². The van der Waals surface area contributed by atoms with E-state index in [0.29, 0.717) is 19.7 Å². The highest BCUT2D eigenvalue weighted by atomic mass is 16.7. The van der Waals surface area contributed by atoms with Gasteiger partial charge < -0.3 is 29.4 Å². The normalized spacial score (nSPS) is 24.8. The molecule has 2 fully saturated rings. The van der Waals surface area contributed by atoms with E-state index in [1.807, 2.05) is 60.7 Å². The van der Waals surface area contributed by atoms with Gasteiger partial charge in [0.05, 0.1) is 37.9 Å². The molecule has 0 bridgehead atoms. The zero-order valence-electron chi connectivity index (χ0n) is 21.8. The van der Waals surface area contributed by atoms with Crippen molar-refractivity contribution in [3.63, 3.8) is 0 Å². The van der Waals surface area contributed by atoms with Crippen LogP contribution in [0.15, 0.2) is 72.8 Å². The topological polar surface area (TPSA) is 89.5 Å². The van der Waals surface area contributed by atoms with Crippen LogP contribution in [0, 0.1) is 0 Å². The van der Waals surface area contributed by atoms with Crippen LogP contribution in [0.2, 0.25) is 0 Å². The van der Waals surface area contributed by atoms with E-state index in [1.165, 1.54) is 0 Å². The van der Waals surface area contributed by atoms with Gasteiger partial charge >= 0.3 is 0 Å². The molecule has 2 N–H and O–H groups in total. The lowest BCUT2D eigenvalue weighted by atomic mass is 9.94. The highest BCUT2D eigenvalue weighted by molar-refractivity contribution is 5.91. The SMILES string of the molecule is O=C(C[C@H]1CC[C@@H]2[C@H](COC[C@@H](O)CN2Cc2ccc3c(c2)OCO3)O1)Nc1ccc(-c2ccccc2)cc1. The molecule has 0 radical (unpaired) electrons. The molecule has 8 heteroatoms. The Morgan fingerprint density at radius 1 is 0.923 bits per heavy atom. The van der Waals surface area contributed by atoms with Crippen LogP contribution in [0.4, 0.5) is 5.69 Å². The van der Waals surface area contributed by atoms with Gasteiger partial charge in [0.1, 0.15) is 0 Å². The van der Waals surface area contributed by atoms with Crippen LogP contribution in [-0.2, 0) is 20.8 Å². The number of benzene rings is 3. The molecule has 6 rings (SSSR count). The van der Waals surface area contributed by atoms with Crippen LogP contribution < -0.4 is 14.8 Å². The minimum absolute atomic E-state index is 0.0645. The molecule has 2 saturated heterocycles. The molecule has 3 aromatic rings. The molecule has 0 saturated carbocycles. The Kier molecular flexibility index (Phi) is 7.78. The predicted octanol–water partition coefficient (Wildman–Crippen LogP) is 4.22. The molecule has 8 nitrogen and oxygen atoms in total. The maximum atomic E-state index is 12.9. The number of aliphatic hydroxyl groups is 1. The van der Waals surface area contributed by atoms with E-state index in [2.05, 4.69) is 22.3 Å². The second-order valence-corrected chi connectivity index (χ2v) is 10.4. The lowest BCUT2D eigenvalue weighted by Gasteiger charge is -2.44. The van der Waals surface area contributed by atoms with Gasteiger partial charge in [0.25, 0.3) is 0 Å². The highest BCUT2D eigenvalue weighted by Crippen LogP contribution is 2.34. The van der Waals surface area contributed by atoms with E-state index < -0.39 is 6.10 Å². The van der Waals surface area contributed by atoms with Crippen LogP contribution in [0.25, 0.3) is 11.1 Å². The van der Waals surface area contributed by atoms with Crippen molar-refractivity contribution in [1.82, 2.24) is 4.90 Å². The van der Waals surface area contributed by atoms with E-state index in [0.717, 1.165) is 46.7 Å². The van der Waals surface area contributed by atoms with E-state index in [-0.39, 0.29) is 44.0 Å². The molecule has 39 heavy (non-hydrogen) atoms. The predicted molar refractivity (Wildman–Crippen MR) is 147 cm³/mol. The summed E-state index contributed by atoms with van der Waals surface area (Å²) in [4.78, 5) is 15.1. The summed E-state index contributed by atoms with van der Waals surface area (Å²) < 4.78 is 23.2. The second kappa shape index (κ2) is 11.8. The van der Waals surface area contributed by atoms with Gasteiger partial charge in [-0.2, -0.15) is 0 Å². The summed E-state index contributed by atoms with van der Waals surface area (Å²) in [6, 6.07) is 24.1. The molecule has 0 unspecified atom stereocenters. The number of hydrogen-bond acceptors (Lipinski definition) is 7. The first-order valence-electron chi connectivity index (χ1n) is 13.6. The largest absolute Gasteiger partial charge is 0.454 e. The first-order chi connectivity index (χ1) is 19.1. The van der Waals surface area contributed by atoms with Crippen molar-refractivity contribution in [2.24, 2.45) is 0 Å². The van der Waals surface area contributed by atoms with Crippen LogP contribution in [0.5, 0.6) is 11.5 Å². The summed E-state index contributed by atoms with van der Waals surface area (Å²) in [5.41, 5.74) is 4.11. The lowest BCUT2D eigenvalue weighted by molar-refractivity contribution is -0.156. The number of carbonyl (C=O) groups excluding carboxylic acids is 1. The van der Waals surface area contributed by atoms with Crippen molar-refractivity contribution in [3.8, 4) is 22.6 Å². The molecule has 0 aromatic heterocycles. The van der Waals surface area contributed by atoms with E-state index in [9.17, 15) is 9.90 Å². The van der Waals surface area contributed by atoms with Gasteiger partial charge in [-0.3, -0.25) is 9.69 Å². The van der Waals surface area contributed by atoms with Gasteiger partial charge in [0, 0.05) is 24.8 Å². The van der Waals surface area contributed by atoms with Crippen molar-refractivity contribution >= 4 is 11.6 Å². The fourth-order valence-electron chi connectivity index (χ4n) is 5.70. The average molecular weight is 531 g/mol. The van der Waals surface area contributed by atoms with Crippen LogP contribution in [0.3, 0.4) is 0 Å². The number of fused-ring (bicyclic) bond motifs is 2. The maximum Gasteiger partial charge on any atom is 0.231 e. The van der Waals surface area contributed by atoms with Crippen molar-refractivity contribution in [1.29, 1.82) is 0 Å². The minimum Gasteiger partial charge on any atom is -0.454 e. The summed E-state index contributed by atoms with van der Waals surface area (Å²) >= 11 is 0. The molecule has 0 aliphatic carbocycles. The van der Waals surface area contributed by atoms with E-state index >= 15 is 0 Å². The van der Waals surface area contributed by atoms with Crippen molar-refractivity contribution in [3.05, 3.63) is 78.4 Å². The number of aliphatic hydroxyl groups excluding tert-OH is 1. The third-order valence-corrected chi connectivity index (χ3v) is 7.60. The number of hydrogen-bond donors (Lipinski definition) is 2. The van der Waals surface area contributed by atoms with Gasteiger partial charge in [-0.1, -0.05) is 48.5 Å². The number of nitrogens with zero attached hydrogens (tertiary/aromatic N) is 1. The maximum absolute atomic E-state index is 12.9.